The Morgan fingerprint density at radius 1 is 1.58 bits per heavy atom. The van der Waals surface area contributed by atoms with Crippen LogP contribution in [0.4, 0.5) is 0 Å². The fourth-order valence-electron chi connectivity index (χ4n) is 2.23. The fraction of sp³-hybridized carbons (Fsp3) is 0.714. The monoisotopic (exact) mass is 284 g/mol. The van der Waals surface area contributed by atoms with Gasteiger partial charge in [0.2, 0.25) is 0 Å². The normalized spacial score (nSPS) is 14.4. The Morgan fingerprint density at radius 3 is 2.68 bits per heavy atom. The summed E-state index contributed by atoms with van der Waals surface area (Å²) in [6, 6.07) is 0. The molecule has 0 aliphatic rings. The summed E-state index contributed by atoms with van der Waals surface area (Å²) in [6.07, 6.45) is 1.54. The SMILES string of the molecule is CCOC(=O)C(CN)(CCc1scnc1C)C(C)C. The van der Waals surface area contributed by atoms with Crippen molar-refractivity contribution in [1.82, 2.24) is 4.98 Å². The number of nitrogens with two attached hydrogens (primary N) is 1. The Kier molecular flexibility index (Phi) is 5.94. The highest BCUT2D eigenvalue weighted by Crippen LogP contribution is 2.34. The van der Waals surface area contributed by atoms with Gasteiger partial charge in [-0.1, -0.05) is 13.8 Å². The largest absolute Gasteiger partial charge is 0.466 e. The van der Waals surface area contributed by atoms with Gasteiger partial charge in [0.1, 0.15) is 0 Å². The lowest BCUT2D eigenvalue weighted by molar-refractivity contribution is -0.158. The molecule has 1 unspecified atom stereocenters. The average molecular weight is 284 g/mol. The lowest BCUT2D eigenvalue weighted by Gasteiger charge is -2.33. The topological polar surface area (TPSA) is 65.2 Å². The van der Waals surface area contributed by atoms with E-state index in [1.54, 1.807) is 11.3 Å². The standard InChI is InChI=1S/C14H24N2O2S/c1-5-18-13(17)14(8-15,10(2)3)7-6-12-11(4)16-9-19-12/h9-10H,5-8,15H2,1-4H3. The summed E-state index contributed by atoms with van der Waals surface area (Å²) >= 11 is 1.63. The van der Waals surface area contributed by atoms with Gasteiger partial charge >= 0.3 is 5.97 Å². The van der Waals surface area contributed by atoms with Crippen molar-refractivity contribution in [3.8, 4) is 0 Å². The van der Waals surface area contributed by atoms with Gasteiger partial charge in [-0.25, -0.2) is 4.98 Å². The molecule has 2 N–H and O–H groups in total. The van der Waals surface area contributed by atoms with E-state index in [0.717, 1.165) is 12.1 Å². The summed E-state index contributed by atoms with van der Waals surface area (Å²) in [4.78, 5) is 17.7. The molecule has 1 aromatic heterocycles. The van der Waals surface area contributed by atoms with Crippen molar-refractivity contribution < 1.29 is 9.53 Å². The minimum atomic E-state index is -0.591. The van der Waals surface area contributed by atoms with Gasteiger partial charge in [0, 0.05) is 11.4 Å². The predicted molar refractivity (Wildman–Crippen MR) is 78.1 cm³/mol. The molecule has 4 nitrogen and oxygen atoms in total. The fourth-order valence-corrected chi connectivity index (χ4v) is 3.01. The lowest BCUT2D eigenvalue weighted by atomic mass is 9.73. The molecule has 0 saturated carbocycles. The van der Waals surface area contributed by atoms with Crippen molar-refractivity contribution in [2.75, 3.05) is 13.2 Å². The van der Waals surface area contributed by atoms with Gasteiger partial charge in [0.25, 0.3) is 0 Å². The number of carbonyl (C=O) groups is 1. The molecular formula is C14H24N2O2S. The molecule has 0 aliphatic carbocycles. The summed E-state index contributed by atoms with van der Waals surface area (Å²) < 4.78 is 5.23. The quantitative estimate of drug-likeness (QED) is 0.781. The molecule has 1 rings (SSSR count). The van der Waals surface area contributed by atoms with E-state index in [-0.39, 0.29) is 11.9 Å². The second-order valence-electron chi connectivity index (χ2n) is 5.10. The Morgan fingerprint density at radius 2 is 2.26 bits per heavy atom. The molecule has 0 saturated heterocycles. The highest BCUT2D eigenvalue weighted by Gasteiger charge is 2.41. The maximum atomic E-state index is 12.3. The number of thiazole rings is 1. The van der Waals surface area contributed by atoms with E-state index in [1.807, 2.05) is 33.2 Å². The Hall–Kier alpha value is -0.940. The molecule has 0 aromatic carbocycles. The van der Waals surface area contributed by atoms with E-state index in [2.05, 4.69) is 4.98 Å². The van der Waals surface area contributed by atoms with Gasteiger partial charge in [-0.3, -0.25) is 4.79 Å². The van der Waals surface area contributed by atoms with Crippen molar-refractivity contribution in [1.29, 1.82) is 0 Å². The number of carbonyl (C=O) groups excluding carboxylic acids is 1. The van der Waals surface area contributed by atoms with Crippen molar-refractivity contribution in [3.05, 3.63) is 16.1 Å². The smallest absolute Gasteiger partial charge is 0.313 e. The first-order chi connectivity index (χ1) is 8.97. The number of nitrogens with zero attached hydrogens (tertiary/aromatic N) is 1. The maximum absolute atomic E-state index is 12.3. The zero-order valence-electron chi connectivity index (χ0n) is 12.2. The third-order valence-corrected chi connectivity index (χ3v) is 4.79. The van der Waals surface area contributed by atoms with Crippen LogP contribution in [-0.4, -0.2) is 24.1 Å². The van der Waals surface area contributed by atoms with E-state index >= 15 is 0 Å². The van der Waals surface area contributed by atoms with E-state index in [9.17, 15) is 4.79 Å². The van der Waals surface area contributed by atoms with Crippen LogP contribution in [0.2, 0.25) is 0 Å². The molecule has 1 aromatic rings. The van der Waals surface area contributed by atoms with Crippen LogP contribution < -0.4 is 5.73 Å². The molecule has 1 heterocycles. The maximum Gasteiger partial charge on any atom is 0.313 e. The Balaban J connectivity index is 2.85. The van der Waals surface area contributed by atoms with Crippen LogP contribution in [0.5, 0.6) is 0 Å². The molecule has 19 heavy (non-hydrogen) atoms. The number of ether oxygens (including phenoxy) is 1. The van der Waals surface area contributed by atoms with Crippen molar-refractivity contribution in [3.63, 3.8) is 0 Å². The third kappa shape index (κ3) is 3.54. The van der Waals surface area contributed by atoms with Crippen LogP contribution in [0.3, 0.4) is 0 Å². The highest BCUT2D eigenvalue weighted by atomic mass is 32.1. The molecule has 108 valence electrons. The minimum Gasteiger partial charge on any atom is -0.466 e. The summed E-state index contributed by atoms with van der Waals surface area (Å²) in [5, 5.41) is 0. The average Bonchev–Trinajstić information content (AvgIpc) is 2.76. The van der Waals surface area contributed by atoms with Crippen LogP contribution in [0, 0.1) is 18.3 Å². The molecule has 0 bridgehead atoms. The molecule has 0 aliphatic heterocycles. The third-order valence-electron chi connectivity index (χ3n) is 3.79. The van der Waals surface area contributed by atoms with Crippen LogP contribution in [0.1, 0.15) is 37.8 Å². The Labute approximate surface area is 119 Å². The molecular weight excluding hydrogens is 260 g/mol. The van der Waals surface area contributed by atoms with E-state index in [4.69, 9.17) is 10.5 Å². The first-order valence-corrected chi connectivity index (χ1v) is 7.62. The molecule has 0 radical (unpaired) electrons. The second kappa shape index (κ2) is 7.01. The van der Waals surface area contributed by atoms with Gasteiger partial charge in [0.05, 0.1) is 23.2 Å². The van der Waals surface area contributed by atoms with Crippen LogP contribution >= 0.6 is 11.3 Å². The van der Waals surface area contributed by atoms with E-state index in [0.29, 0.717) is 19.6 Å². The van der Waals surface area contributed by atoms with Gasteiger partial charge in [-0.2, -0.15) is 0 Å². The van der Waals surface area contributed by atoms with Crippen molar-refractivity contribution >= 4 is 17.3 Å². The summed E-state index contributed by atoms with van der Waals surface area (Å²) in [5.74, 6) is -0.0144. The molecule has 0 amide bonds. The van der Waals surface area contributed by atoms with Gasteiger partial charge in [-0.15, -0.1) is 11.3 Å². The van der Waals surface area contributed by atoms with Crippen LogP contribution in [0.15, 0.2) is 5.51 Å². The Bertz CT molecular complexity index is 417. The number of hydrogen-bond donors (Lipinski definition) is 1. The van der Waals surface area contributed by atoms with Gasteiger partial charge in [0.15, 0.2) is 0 Å². The summed E-state index contributed by atoms with van der Waals surface area (Å²) in [6.45, 7) is 8.60. The lowest BCUT2D eigenvalue weighted by Crippen LogP contribution is -2.44. The highest BCUT2D eigenvalue weighted by molar-refractivity contribution is 7.09. The van der Waals surface area contributed by atoms with E-state index < -0.39 is 5.41 Å². The van der Waals surface area contributed by atoms with Gasteiger partial charge < -0.3 is 10.5 Å². The molecule has 0 fully saturated rings. The van der Waals surface area contributed by atoms with Crippen molar-refractivity contribution in [2.24, 2.45) is 17.1 Å². The number of esters is 1. The number of aryl methyl sites for hydroxylation is 2. The number of aromatic nitrogens is 1. The molecule has 0 spiro atoms. The first-order valence-electron chi connectivity index (χ1n) is 6.74. The zero-order chi connectivity index (χ0) is 14.5. The van der Waals surface area contributed by atoms with Crippen LogP contribution in [-0.2, 0) is 16.0 Å². The summed E-state index contributed by atoms with van der Waals surface area (Å²) in [5.41, 5.74) is 8.20. The summed E-state index contributed by atoms with van der Waals surface area (Å²) in [7, 11) is 0. The van der Waals surface area contributed by atoms with Crippen molar-refractivity contribution in [2.45, 2.75) is 40.5 Å². The number of hydrogen-bond acceptors (Lipinski definition) is 5. The first kappa shape index (κ1) is 16.1. The predicted octanol–water partition coefficient (Wildman–Crippen LogP) is 2.55. The van der Waals surface area contributed by atoms with E-state index in [1.165, 1.54) is 4.88 Å². The minimum absolute atomic E-state index is 0.157. The zero-order valence-corrected chi connectivity index (χ0v) is 13.0. The molecule has 5 heteroatoms. The van der Waals surface area contributed by atoms with Gasteiger partial charge in [-0.05, 0) is 32.6 Å². The second-order valence-corrected chi connectivity index (χ2v) is 6.04. The number of rotatable bonds is 7. The van der Waals surface area contributed by atoms with Crippen LogP contribution in [0.25, 0.3) is 0 Å². The molecule has 1 atom stereocenters.